The maximum Gasteiger partial charge on any atom is 0.274 e. The molecule has 0 aliphatic carbocycles. The van der Waals surface area contributed by atoms with Crippen molar-refractivity contribution in [1.29, 1.82) is 0 Å². The smallest absolute Gasteiger partial charge is 0.274 e. The van der Waals surface area contributed by atoms with Crippen LogP contribution in [0, 0.1) is 15.9 Å². The lowest BCUT2D eigenvalue weighted by Gasteiger charge is -2.24. The van der Waals surface area contributed by atoms with E-state index in [0.717, 1.165) is 32.0 Å². The van der Waals surface area contributed by atoms with Crippen molar-refractivity contribution in [2.75, 3.05) is 18.4 Å². The number of anilines is 1. The molecule has 1 saturated heterocycles. The summed E-state index contributed by atoms with van der Waals surface area (Å²) in [6.07, 6.45) is 2.03. The van der Waals surface area contributed by atoms with Crippen molar-refractivity contribution < 1.29 is 9.31 Å². The minimum absolute atomic E-state index is 0.199. The number of rotatable bonds is 3. The highest BCUT2D eigenvalue weighted by Gasteiger charge is 2.15. The zero-order chi connectivity index (χ0) is 12.3. The van der Waals surface area contributed by atoms with Crippen LogP contribution in [-0.2, 0) is 0 Å². The molecule has 0 radical (unpaired) electrons. The van der Waals surface area contributed by atoms with Gasteiger partial charge in [-0.1, -0.05) is 0 Å². The molecule has 2 rings (SSSR count). The molecule has 2 N–H and O–H groups in total. The predicted molar refractivity (Wildman–Crippen MR) is 62.6 cm³/mol. The molecule has 17 heavy (non-hydrogen) atoms. The Hall–Kier alpha value is -1.69. The fourth-order valence-corrected chi connectivity index (χ4v) is 1.97. The normalized spacial score (nSPS) is 19.9. The number of nitro benzene ring substituents is 1. The van der Waals surface area contributed by atoms with Gasteiger partial charge in [0.1, 0.15) is 5.82 Å². The third-order valence-electron chi connectivity index (χ3n) is 2.76. The summed E-state index contributed by atoms with van der Waals surface area (Å²) in [6, 6.07) is 3.76. The van der Waals surface area contributed by atoms with E-state index in [-0.39, 0.29) is 11.7 Å². The van der Waals surface area contributed by atoms with Crippen LogP contribution in [-0.4, -0.2) is 24.1 Å². The highest BCUT2D eigenvalue weighted by atomic mass is 19.1. The van der Waals surface area contributed by atoms with E-state index < -0.39 is 10.7 Å². The lowest BCUT2D eigenvalue weighted by molar-refractivity contribution is -0.385. The van der Waals surface area contributed by atoms with Gasteiger partial charge in [-0.05, 0) is 25.5 Å². The van der Waals surface area contributed by atoms with E-state index in [9.17, 15) is 14.5 Å². The topological polar surface area (TPSA) is 67.2 Å². The van der Waals surface area contributed by atoms with Crippen molar-refractivity contribution >= 4 is 11.4 Å². The Morgan fingerprint density at radius 3 is 2.94 bits per heavy atom. The van der Waals surface area contributed by atoms with Crippen molar-refractivity contribution in [3.63, 3.8) is 0 Å². The first-order valence-corrected chi connectivity index (χ1v) is 5.57. The zero-order valence-electron chi connectivity index (χ0n) is 9.28. The van der Waals surface area contributed by atoms with Crippen LogP contribution in [0.4, 0.5) is 15.8 Å². The molecule has 1 aromatic carbocycles. The van der Waals surface area contributed by atoms with Gasteiger partial charge in [-0.25, -0.2) is 4.39 Å². The number of non-ortho nitro benzene ring substituents is 1. The Balaban J connectivity index is 2.11. The van der Waals surface area contributed by atoms with Crippen LogP contribution in [0.15, 0.2) is 18.2 Å². The average molecular weight is 239 g/mol. The van der Waals surface area contributed by atoms with Gasteiger partial charge in [0.15, 0.2) is 0 Å². The molecule has 1 atom stereocenters. The fourth-order valence-electron chi connectivity index (χ4n) is 1.97. The summed E-state index contributed by atoms with van der Waals surface area (Å²) in [6.45, 7) is 1.78. The molecular formula is C11H14FN3O2. The van der Waals surface area contributed by atoms with Crippen molar-refractivity contribution in [3.8, 4) is 0 Å². The van der Waals surface area contributed by atoms with Gasteiger partial charge in [0, 0.05) is 24.3 Å². The molecular weight excluding hydrogens is 225 g/mol. The molecule has 92 valence electrons. The highest BCUT2D eigenvalue weighted by molar-refractivity contribution is 5.52. The molecule has 0 spiro atoms. The van der Waals surface area contributed by atoms with Gasteiger partial charge in [0.2, 0.25) is 0 Å². The molecule has 0 amide bonds. The van der Waals surface area contributed by atoms with Gasteiger partial charge < -0.3 is 10.6 Å². The van der Waals surface area contributed by atoms with Gasteiger partial charge in [0.05, 0.1) is 11.0 Å². The van der Waals surface area contributed by atoms with Crippen molar-refractivity contribution in [2.45, 2.75) is 18.9 Å². The van der Waals surface area contributed by atoms with Crippen LogP contribution in [0.2, 0.25) is 0 Å². The second kappa shape index (κ2) is 5.09. The van der Waals surface area contributed by atoms with Gasteiger partial charge in [0.25, 0.3) is 5.69 Å². The quantitative estimate of drug-likeness (QED) is 0.624. The molecule has 6 heteroatoms. The summed E-state index contributed by atoms with van der Waals surface area (Å²) in [5.74, 6) is -0.592. The largest absolute Gasteiger partial charge is 0.381 e. The molecule has 1 aliphatic heterocycles. The van der Waals surface area contributed by atoms with Crippen LogP contribution < -0.4 is 10.6 Å². The first-order chi connectivity index (χ1) is 8.15. The molecule has 1 unspecified atom stereocenters. The minimum atomic E-state index is -0.592. The first-order valence-electron chi connectivity index (χ1n) is 5.57. The maximum absolute atomic E-state index is 13.2. The van der Waals surface area contributed by atoms with Crippen molar-refractivity contribution in [1.82, 2.24) is 5.32 Å². The monoisotopic (exact) mass is 239 g/mol. The van der Waals surface area contributed by atoms with Gasteiger partial charge in [-0.15, -0.1) is 0 Å². The first kappa shape index (κ1) is 11.8. The van der Waals surface area contributed by atoms with Crippen LogP contribution in [0.25, 0.3) is 0 Å². The highest BCUT2D eigenvalue weighted by Crippen LogP contribution is 2.21. The van der Waals surface area contributed by atoms with E-state index in [1.54, 1.807) is 0 Å². The Kier molecular flexibility index (Phi) is 3.53. The second-order valence-electron chi connectivity index (χ2n) is 4.14. The summed E-state index contributed by atoms with van der Waals surface area (Å²) in [5.41, 5.74) is 0.238. The summed E-state index contributed by atoms with van der Waals surface area (Å²) < 4.78 is 13.2. The van der Waals surface area contributed by atoms with Crippen LogP contribution in [0.3, 0.4) is 0 Å². The van der Waals surface area contributed by atoms with Crippen LogP contribution in [0.5, 0.6) is 0 Å². The van der Waals surface area contributed by atoms with Gasteiger partial charge in [-0.2, -0.15) is 0 Å². The molecule has 5 nitrogen and oxygen atoms in total. The fraction of sp³-hybridized carbons (Fsp3) is 0.455. The van der Waals surface area contributed by atoms with Crippen LogP contribution >= 0.6 is 0 Å². The average Bonchev–Trinajstić information content (AvgIpc) is 2.29. The number of hydrogen-bond donors (Lipinski definition) is 2. The van der Waals surface area contributed by atoms with Crippen molar-refractivity contribution in [3.05, 3.63) is 34.1 Å². The standard InChI is InChI=1S/C11H14FN3O2/c12-8-4-10(6-11(5-8)15(16)17)14-9-2-1-3-13-7-9/h4-6,9,13-14H,1-3,7H2. The lowest BCUT2D eigenvalue weighted by Crippen LogP contribution is -2.38. The van der Waals surface area contributed by atoms with Crippen molar-refractivity contribution in [2.24, 2.45) is 0 Å². The van der Waals surface area contributed by atoms with E-state index >= 15 is 0 Å². The molecule has 1 aliphatic rings. The molecule has 1 fully saturated rings. The second-order valence-corrected chi connectivity index (χ2v) is 4.14. The summed E-state index contributed by atoms with van der Waals surface area (Å²) in [4.78, 5) is 10.0. The lowest BCUT2D eigenvalue weighted by atomic mass is 10.1. The molecule has 1 heterocycles. The zero-order valence-corrected chi connectivity index (χ0v) is 9.28. The van der Waals surface area contributed by atoms with E-state index in [1.165, 1.54) is 12.1 Å². The van der Waals surface area contributed by atoms with Crippen LogP contribution in [0.1, 0.15) is 12.8 Å². The third-order valence-corrected chi connectivity index (χ3v) is 2.76. The number of nitro groups is 1. The number of halogens is 1. The Morgan fingerprint density at radius 1 is 1.47 bits per heavy atom. The van der Waals surface area contributed by atoms with Gasteiger partial charge >= 0.3 is 0 Å². The predicted octanol–water partition coefficient (Wildman–Crippen LogP) is 1.90. The number of nitrogens with zero attached hydrogens (tertiary/aromatic N) is 1. The number of hydrogen-bond acceptors (Lipinski definition) is 4. The van der Waals surface area contributed by atoms with E-state index in [0.29, 0.717) is 5.69 Å². The van der Waals surface area contributed by atoms with Gasteiger partial charge in [-0.3, -0.25) is 10.1 Å². The Bertz CT molecular complexity index is 419. The minimum Gasteiger partial charge on any atom is -0.381 e. The number of piperidine rings is 1. The molecule has 0 bridgehead atoms. The summed E-state index contributed by atoms with van der Waals surface area (Å²) in [5, 5.41) is 16.9. The molecule has 0 aromatic heterocycles. The Morgan fingerprint density at radius 2 is 2.29 bits per heavy atom. The summed E-state index contributed by atoms with van der Waals surface area (Å²) in [7, 11) is 0. The van der Waals surface area contributed by atoms with E-state index in [4.69, 9.17) is 0 Å². The molecule has 0 saturated carbocycles. The Labute approximate surface area is 98.2 Å². The summed E-state index contributed by atoms with van der Waals surface area (Å²) >= 11 is 0. The van der Waals surface area contributed by atoms with E-state index in [1.807, 2.05) is 0 Å². The third kappa shape index (κ3) is 3.13. The number of benzene rings is 1. The maximum atomic E-state index is 13.2. The SMILES string of the molecule is O=[N+]([O-])c1cc(F)cc(NC2CCCNC2)c1. The number of nitrogens with one attached hydrogen (secondary N) is 2. The molecule has 1 aromatic rings. The van der Waals surface area contributed by atoms with E-state index in [2.05, 4.69) is 10.6 Å².